The van der Waals surface area contributed by atoms with Crippen molar-refractivity contribution in [3.8, 4) is 12.3 Å². The van der Waals surface area contributed by atoms with E-state index < -0.39 is 17.6 Å². The van der Waals surface area contributed by atoms with Gasteiger partial charge in [0.15, 0.2) is 23.5 Å². The lowest BCUT2D eigenvalue weighted by Gasteiger charge is -2.29. The van der Waals surface area contributed by atoms with Gasteiger partial charge in [-0.15, -0.1) is 6.42 Å². The Morgan fingerprint density at radius 2 is 2.17 bits per heavy atom. The van der Waals surface area contributed by atoms with Crippen molar-refractivity contribution in [1.29, 1.82) is 0 Å². The van der Waals surface area contributed by atoms with Gasteiger partial charge in [-0.25, -0.2) is 15.0 Å². The Bertz CT molecular complexity index is 842. The van der Waals surface area contributed by atoms with Crippen LogP contribution >= 0.6 is 0 Å². The summed E-state index contributed by atoms with van der Waals surface area (Å²) in [4.78, 5) is 12.5. The fraction of sp³-hybridized carbons (Fsp3) is 0.562. The summed E-state index contributed by atoms with van der Waals surface area (Å²) in [6.45, 7) is 5.72. The summed E-state index contributed by atoms with van der Waals surface area (Å²) in [6.07, 6.45) is 8.45. The third-order valence-electron chi connectivity index (χ3n) is 4.52. The van der Waals surface area contributed by atoms with Crippen LogP contribution in [0.5, 0.6) is 0 Å². The molecule has 8 heteroatoms. The molecule has 4 heterocycles. The number of terminal acetylenes is 1. The molecule has 2 N–H and O–H groups in total. The second-order valence-corrected chi connectivity index (χ2v) is 6.50. The largest absolute Gasteiger partial charge is 0.382 e. The number of nitrogens with two attached hydrogens (primary N) is 1. The van der Waals surface area contributed by atoms with Gasteiger partial charge in [0.05, 0.1) is 12.4 Å². The number of hydrogen-bond acceptors (Lipinski definition) is 7. The molecule has 4 rings (SSSR count). The van der Waals surface area contributed by atoms with Crippen molar-refractivity contribution >= 4 is 17.0 Å². The van der Waals surface area contributed by atoms with Crippen LogP contribution in [0.1, 0.15) is 33.4 Å². The molecule has 24 heavy (non-hydrogen) atoms. The summed E-state index contributed by atoms with van der Waals surface area (Å²) in [5.41, 5.74) is 5.86. The molecular weight excluding hydrogens is 310 g/mol. The molecule has 126 valence electrons. The molecule has 0 saturated carbocycles. The lowest BCUT2D eigenvalue weighted by molar-refractivity contribution is -0.207. The molecule has 0 spiro atoms. The third kappa shape index (κ3) is 1.89. The summed E-state index contributed by atoms with van der Waals surface area (Å²) < 4.78 is 20.1. The van der Waals surface area contributed by atoms with Crippen molar-refractivity contribution in [2.75, 3.05) is 5.73 Å². The number of aromatic nitrogens is 4. The summed E-state index contributed by atoms with van der Waals surface area (Å²) in [6, 6.07) is 0. The van der Waals surface area contributed by atoms with Gasteiger partial charge in [0.25, 0.3) is 0 Å². The fourth-order valence-corrected chi connectivity index (χ4v) is 3.57. The Balaban J connectivity index is 1.88. The molecule has 0 aliphatic carbocycles. The molecule has 0 radical (unpaired) electrons. The minimum atomic E-state index is -1.06. The van der Waals surface area contributed by atoms with Crippen molar-refractivity contribution < 1.29 is 14.2 Å². The molecule has 8 nitrogen and oxygen atoms in total. The van der Waals surface area contributed by atoms with Gasteiger partial charge < -0.3 is 19.9 Å². The van der Waals surface area contributed by atoms with E-state index in [9.17, 15) is 0 Å². The van der Waals surface area contributed by atoms with Gasteiger partial charge in [-0.3, -0.25) is 4.57 Å². The molecule has 0 bridgehead atoms. The maximum absolute atomic E-state index is 6.19. The minimum Gasteiger partial charge on any atom is -0.382 e. The average Bonchev–Trinajstić information content (AvgIpc) is 3.16. The maximum Gasteiger partial charge on any atom is 0.205 e. The molecule has 2 fully saturated rings. The molecule has 2 saturated heterocycles. The second-order valence-electron chi connectivity index (χ2n) is 6.50. The van der Waals surface area contributed by atoms with Crippen molar-refractivity contribution in [2.45, 2.75) is 57.0 Å². The van der Waals surface area contributed by atoms with E-state index in [-0.39, 0.29) is 12.2 Å². The van der Waals surface area contributed by atoms with E-state index in [0.717, 1.165) is 6.42 Å². The SMILES string of the molecule is C#C[C@@]12OC(C)(C)O[C@@H]1[C@@H](CC)O[C@H]2n1cnc2c(N)ncnc21. The predicted octanol–water partition coefficient (Wildman–Crippen LogP) is 1.24. The molecule has 0 amide bonds. The highest BCUT2D eigenvalue weighted by Crippen LogP contribution is 2.51. The first kappa shape index (κ1) is 15.3. The minimum absolute atomic E-state index is 0.190. The molecule has 0 unspecified atom stereocenters. The summed E-state index contributed by atoms with van der Waals surface area (Å²) in [5.74, 6) is 2.29. The molecule has 4 atom stereocenters. The van der Waals surface area contributed by atoms with E-state index in [0.29, 0.717) is 17.0 Å². The van der Waals surface area contributed by atoms with E-state index in [4.69, 9.17) is 26.4 Å². The van der Waals surface area contributed by atoms with Crippen molar-refractivity contribution in [2.24, 2.45) is 0 Å². The van der Waals surface area contributed by atoms with Gasteiger partial charge in [-0.1, -0.05) is 12.8 Å². The van der Waals surface area contributed by atoms with E-state index in [1.165, 1.54) is 6.33 Å². The molecular formula is C16H19N5O3. The highest BCUT2D eigenvalue weighted by atomic mass is 16.8. The first-order valence-electron chi connectivity index (χ1n) is 7.86. The van der Waals surface area contributed by atoms with Crippen LogP contribution in [-0.2, 0) is 14.2 Å². The second kappa shape index (κ2) is 4.89. The maximum atomic E-state index is 6.19. The van der Waals surface area contributed by atoms with E-state index in [1.807, 2.05) is 20.8 Å². The highest BCUT2D eigenvalue weighted by Gasteiger charge is 2.66. The summed E-state index contributed by atoms with van der Waals surface area (Å²) >= 11 is 0. The van der Waals surface area contributed by atoms with Crippen LogP contribution in [0.25, 0.3) is 11.2 Å². The van der Waals surface area contributed by atoms with Crippen LogP contribution in [-0.4, -0.2) is 43.1 Å². The Hall–Kier alpha value is -2.21. The lowest BCUT2D eigenvalue weighted by atomic mass is 9.94. The van der Waals surface area contributed by atoms with E-state index in [1.54, 1.807) is 10.9 Å². The monoisotopic (exact) mass is 329 g/mol. The zero-order chi connectivity index (χ0) is 17.1. The standard InChI is InChI=1S/C16H19N5O3/c1-5-9-11-16(6-2,24-15(3,4)23-11)14(22-9)21-8-20-10-12(17)18-7-19-13(10)21/h2,7-9,11,14H,5H2,1,3-4H3,(H2,17,18,19)/t9-,11-,14-,16-/m1/s1. The number of imidazole rings is 1. The Labute approximate surface area is 139 Å². The first-order valence-corrected chi connectivity index (χ1v) is 7.86. The topological polar surface area (TPSA) is 97.3 Å². The molecule has 0 aromatic carbocycles. The lowest BCUT2D eigenvalue weighted by Crippen LogP contribution is -2.43. The third-order valence-corrected chi connectivity index (χ3v) is 4.52. The zero-order valence-electron chi connectivity index (χ0n) is 13.8. The molecule has 2 aromatic rings. The van der Waals surface area contributed by atoms with E-state index in [2.05, 4.69) is 20.9 Å². The quantitative estimate of drug-likeness (QED) is 0.828. The summed E-state index contributed by atoms with van der Waals surface area (Å²) in [5, 5.41) is 0. The van der Waals surface area contributed by atoms with Crippen LogP contribution in [0.15, 0.2) is 12.7 Å². The number of anilines is 1. The van der Waals surface area contributed by atoms with Crippen LogP contribution in [0.4, 0.5) is 5.82 Å². The van der Waals surface area contributed by atoms with Gasteiger partial charge in [0.2, 0.25) is 5.60 Å². The molecule has 2 aliphatic rings. The van der Waals surface area contributed by atoms with Crippen LogP contribution in [0.3, 0.4) is 0 Å². The Morgan fingerprint density at radius 3 is 2.88 bits per heavy atom. The number of rotatable bonds is 2. The number of nitrogens with zero attached hydrogens (tertiary/aromatic N) is 4. The Morgan fingerprint density at radius 1 is 1.38 bits per heavy atom. The van der Waals surface area contributed by atoms with E-state index >= 15 is 0 Å². The number of ether oxygens (including phenoxy) is 3. The number of nitrogen functional groups attached to an aromatic ring is 1. The van der Waals surface area contributed by atoms with Crippen LogP contribution < -0.4 is 5.73 Å². The molecule has 2 aliphatic heterocycles. The number of hydrogen-bond donors (Lipinski definition) is 1. The van der Waals surface area contributed by atoms with Gasteiger partial charge in [0.1, 0.15) is 17.9 Å². The van der Waals surface area contributed by atoms with Crippen molar-refractivity contribution in [3.63, 3.8) is 0 Å². The zero-order valence-corrected chi connectivity index (χ0v) is 13.8. The van der Waals surface area contributed by atoms with Gasteiger partial charge in [-0.05, 0) is 20.3 Å². The first-order chi connectivity index (χ1) is 11.4. The molecule has 2 aromatic heterocycles. The van der Waals surface area contributed by atoms with Gasteiger partial charge in [-0.2, -0.15) is 0 Å². The number of fused-ring (bicyclic) bond motifs is 2. The van der Waals surface area contributed by atoms with Gasteiger partial charge in [0, 0.05) is 0 Å². The Kier molecular flexibility index (Phi) is 3.12. The predicted molar refractivity (Wildman–Crippen MR) is 85.5 cm³/mol. The van der Waals surface area contributed by atoms with Crippen LogP contribution in [0, 0.1) is 12.3 Å². The van der Waals surface area contributed by atoms with Crippen molar-refractivity contribution in [1.82, 2.24) is 19.5 Å². The fourth-order valence-electron chi connectivity index (χ4n) is 3.57. The van der Waals surface area contributed by atoms with Gasteiger partial charge >= 0.3 is 0 Å². The van der Waals surface area contributed by atoms with Crippen LogP contribution in [0.2, 0.25) is 0 Å². The highest BCUT2D eigenvalue weighted by molar-refractivity contribution is 5.81. The summed E-state index contributed by atoms with van der Waals surface area (Å²) in [7, 11) is 0. The smallest absolute Gasteiger partial charge is 0.205 e. The normalized spacial score (nSPS) is 34.3. The van der Waals surface area contributed by atoms with Crippen molar-refractivity contribution in [3.05, 3.63) is 12.7 Å². The average molecular weight is 329 g/mol.